The summed E-state index contributed by atoms with van der Waals surface area (Å²) in [6, 6.07) is 16.0. The van der Waals surface area contributed by atoms with E-state index < -0.39 is 0 Å². The van der Waals surface area contributed by atoms with Crippen LogP contribution in [0.5, 0.6) is 0 Å². The second-order valence-corrected chi connectivity index (χ2v) is 6.88. The van der Waals surface area contributed by atoms with Gasteiger partial charge in [-0.15, -0.1) is 11.3 Å². The number of rotatable bonds is 7. The van der Waals surface area contributed by atoms with E-state index in [1.54, 1.807) is 0 Å². The van der Waals surface area contributed by atoms with Crippen LogP contribution in [0.25, 0.3) is 0 Å². The van der Waals surface area contributed by atoms with Crippen molar-refractivity contribution in [1.29, 1.82) is 0 Å². The van der Waals surface area contributed by atoms with Crippen LogP contribution in [0.15, 0.2) is 42.5 Å². The zero-order chi connectivity index (χ0) is 15.2. The first kappa shape index (κ1) is 16.2. The van der Waals surface area contributed by atoms with Gasteiger partial charge in [0.05, 0.1) is 0 Å². The van der Waals surface area contributed by atoms with Crippen molar-refractivity contribution in [2.75, 3.05) is 20.6 Å². The summed E-state index contributed by atoms with van der Waals surface area (Å²) in [7, 11) is 4.29. The lowest BCUT2D eigenvalue weighted by Gasteiger charge is -2.26. The highest BCUT2D eigenvalue weighted by Gasteiger charge is 2.16. The molecule has 0 radical (unpaired) electrons. The van der Waals surface area contributed by atoms with Crippen LogP contribution in [0.4, 0.5) is 0 Å². The largest absolute Gasteiger partial charge is 0.308 e. The minimum absolute atomic E-state index is 0.402. The molecule has 0 aliphatic rings. The molecule has 0 fully saturated rings. The molecule has 1 aromatic carbocycles. The summed E-state index contributed by atoms with van der Waals surface area (Å²) in [5.41, 5.74) is 1.36. The highest BCUT2D eigenvalue weighted by atomic mass is 32.1. The van der Waals surface area contributed by atoms with Crippen LogP contribution in [0.3, 0.4) is 0 Å². The molecule has 3 heteroatoms. The molecule has 2 rings (SSSR count). The van der Waals surface area contributed by atoms with Gasteiger partial charge in [0.15, 0.2) is 0 Å². The average Bonchev–Trinajstić information content (AvgIpc) is 2.97. The molecule has 2 aromatic rings. The Hall–Kier alpha value is -1.16. The smallest absolute Gasteiger partial charge is 0.0467 e. The number of aryl methyl sites for hydroxylation is 1. The molecule has 2 atom stereocenters. The number of benzene rings is 1. The maximum absolute atomic E-state index is 3.68. The fourth-order valence-electron chi connectivity index (χ4n) is 2.48. The fourth-order valence-corrected chi connectivity index (χ4v) is 3.46. The predicted molar refractivity (Wildman–Crippen MR) is 93.0 cm³/mol. The van der Waals surface area contributed by atoms with E-state index >= 15 is 0 Å². The standard InChI is InChI=1S/C18H26N2S/c1-5-16-11-12-18(21-16)14(2)19-13-17(20(3)4)15-9-7-6-8-10-15/h6-12,14,17,19H,5,13H2,1-4H3. The Balaban J connectivity index is 1.98. The van der Waals surface area contributed by atoms with Gasteiger partial charge in [0.25, 0.3) is 0 Å². The van der Waals surface area contributed by atoms with Gasteiger partial charge in [-0.25, -0.2) is 0 Å². The predicted octanol–water partition coefficient (Wildman–Crippen LogP) is 4.26. The van der Waals surface area contributed by atoms with Gasteiger partial charge >= 0.3 is 0 Å². The second kappa shape index (κ2) is 7.74. The molecular weight excluding hydrogens is 276 g/mol. The molecule has 0 spiro atoms. The van der Waals surface area contributed by atoms with Crippen LogP contribution >= 0.6 is 11.3 Å². The van der Waals surface area contributed by atoms with Gasteiger partial charge in [0.2, 0.25) is 0 Å². The number of nitrogens with one attached hydrogen (secondary N) is 1. The molecule has 0 bridgehead atoms. The third kappa shape index (κ3) is 4.40. The summed E-state index contributed by atoms with van der Waals surface area (Å²) < 4.78 is 0. The Labute approximate surface area is 132 Å². The summed E-state index contributed by atoms with van der Waals surface area (Å²) >= 11 is 1.92. The van der Waals surface area contributed by atoms with Crippen molar-refractivity contribution >= 4 is 11.3 Å². The monoisotopic (exact) mass is 302 g/mol. The third-order valence-corrected chi connectivity index (χ3v) is 5.30. The second-order valence-electron chi connectivity index (χ2n) is 5.68. The van der Waals surface area contributed by atoms with E-state index in [1.807, 2.05) is 11.3 Å². The quantitative estimate of drug-likeness (QED) is 0.822. The average molecular weight is 302 g/mol. The molecule has 0 saturated heterocycles. The SMILES string of the molecule is CCc1ccc(C(C)NCC(c2ccccc2)N(C)C)s1. The Morgan fingerprint density at radius 2 is 1.81 bits per heavy atom. The number of nitrogens with zero attached hydrogens (tertiary/aromatic N) is 1. The highest BCUT2D eigenvalue weighted by molar-refractivity contribution is 7.12. The first-order valence-electron chi connectivity index (χ1n) is 7.65. The Morgan fingerprint density at radius 1 is 1.10 bits per heavy atom. The van der Waals surface area contributed by atoms with E-state index in [2.05, 4.69) is 80.6 Å². The van der Waals surface area contributed by atoms with Gasteiger partial charge in [-0.05, 0) is 45.1 Å². The van der Waals surface area contributed by atoms with Crippen LogP contribution in [0.1, 0.15) is 41.2 Å². The zero-order valence-corrected chi connectivity index (χ0v) is 14.3. The van der Waals surface area contributed by atoms with Gasteiger partial charge in [0, 0.05) is 28.4 Å². The molecule has 21 heavy (non-hydrogen) atoms. The van der Waals surface area contributed by atoms with Gasteiger partial charge in [-0.3, -0.25) is 0 Å². The van der Waals surface area contributed by atoms with E-state index in [0.717, 1.165) is 13.0 Å². The maximum atomic E-state index is 3.68. The van der Waals surface area contributed by atoms with Crippen molar-refractivity contribution in [2.24, 2.45) is 0 Å². The molecule has 2 nitrogen and oxygen atoms in total. The van der Waals surface area contributed by atoms with Gasteiger partial charge in [-0.1, -0.05) is 37.3 Å². The van der Waals surface area contributed by atoms with Crippen LogP contribution in [0.2, 0.25) is 0 Å². The number of hydrogen-bond donors (Lipinski definition) is 1. The summed E-state index contributed by atoms with van der Waals surface area (Å²) in [6.45, 7) is 5.42. The number of likely N-dealkylation sites (N-methyl/N-ethyl adjacent to an activating group) is 1. The van der Waals surface area contributed by atoms with Gasteiger partial charge in [0.1, 0.15) is 0 Å². The van der Waals surface area contributed by atoms with Crippen molar-refractivity contribution in [3.63, 3.8) is 0 Å². The van der Waals surface area contributed by atoms with Crippen LogP contribution < -0.4 is 5.32 Å². The van der Waals surface area contributed by atoms with Crippen molar-refractivity contribution < 1.29 is 0 Å². The van der Waals surface area contributed by atoms with Crippen LogP contribution in [-0.4, -0.2) is 25.5 Å². The van der Waals surface area contributed by atoms with Crippen molar-refractivity contribution in [3.05, 3.63) is 57.8 Å². The third-order valence-electron chi connectivity index (χ3n) is 3.88. The topological polar surface area (TPSA) is 15.3 Å². The lowest BCUT2D eigenvalue weighted by atomic mass is 10.1. The normalized spacial score (nSPS) is 14.3. The molecule has 0 aliphatic carbocycles. The first-order chi connectivity index (χ1) is 10.1. The van der Waals surface area contributed by atoms with Crippen LogP contribution in [-0.2, 0) is 6.42 Å². The van der Waals surface area contributed by atoms with E-state index in [1.165, 1.54) is 15.3 Å². The summed E-state index contributed by atoms with van der Waals surface area (Å²) in [5.74, 6) is 0. The lowest BCUT2D eigenvalue weighted by Crippen LogP contribution is -2.32. The summed E-state index contributed by atoms with van der Waals surface area (Å²) in [4.78, 5) is 5.17. The van der Waals surface area contributed by atoms with Crippen LogP contribution in [0, 0.1) is 0 Å². The minimum atomic E-state index is 0.402. The summed E-state index contributed by atoms with van der Waals surface area (Å²) in [5, 5.41) is 3.68. The Bertz CT molecular complexity index is 533. The molecule has 0 aliphatic heterocycles. The molecule has 0 amide bonds. The molecular formula is C18H26N2S. The molecule has 2 unspecified atom stereocenters. The zero-order valence-electron chi connectivity index (χ0n) is 13.5. The van der Waals surface area contributed by atoms with E-state index in [0.29, 0.717) is 12.1 Å². The van der Waals surface area contributed by atoms with E-state index in [-0.39, 0.29) is 0 Å². The Morgan fingerprint density at radius 3 is 2.38 bits per heavy atom. The molecule has 0 saturated carbocycles. The summed E-state index contributed by atoms with van der Waals surface area (Å²) in [6.07, 6.45) is 1.13. The van der Waals surface area contributed by atoms with Crippen molar-refractivity contribution in [3.8, 4) is 0 Å². The van der Waals surface area contributed by atoms with Gasteiger partial charge in [-0.2, -0.15) is 0 Å². The number of hydrogen-bond acceptors (Lipinski definition) is 3. The molecule has 1 N–H and O–H groups in total. The molecule has 1 aromatic heterocycles. The fraction of sp³-hybridized carbons (Fsp3) is 0.444. The molecule has 114 valence electrons. The van der Waals surface area contributed by atoms with Crippen molar-refractivity contribution in [1.82, 2.24) is 10.2 Å². The van der Waals surface area contributed by atoms with E-state index in [9.17, 15) is 0 Å². The maximum Gasteiger partial charge on any atom is 0.0467 e. The minimum Gasteiger partial charge on any atom is -0.308 e. The molecule has 1 heterocycles. The highest BCUT2D eigenvalue weighted by Crippen LogP contribution is 2.24. The number of thiophene rings is 1. The lowest BCUT2D eigenvalue weighted by molar-refractivity contribution is 0.282. The van der Waals surface area contributed by atoms with E-state index in [4.69, 9.17) is 0 Å². The van der Waals surface area contributed by atoms with Gasteiger partial charge < -0.3 is 10.2 Å². The Kier molecular flexibility index (Phi) is 5.97. The van der Waals surface area contributed by atoms with Crippen molar-refractivity contribution in [2.45, 2.75) is 32.4 Å². The first-order valence-corrected chi connectivity index (χ1v) is 8.46.